The van der Waals surface area contributed by atoms with Crippen molar-refractivity contribution in [3.8, 4) is 0 Å². The van der Waals surface area contributed by atoms with Crippen LogP contribution < -0.4 is 10.0 Å². The number of carbonyl (C=O) groups excluding carboxylic acids is 1. The Labute approximate surface area is 177 Å². The average Bonchev–Trinajstić information content (AvgIpc) is 3.30. The van der Waals surface area contributed by atoms with Crippen LogP contribution in [0.5, 0.6) is 0 Å². The second-order valence-electron chi connectivity index (χ2n) is 6.05. The number of carbonyl (C=O) groups is 1. The van der Waals surface area contributed by atoms with Crippen LogP contribution in [-0.4, -0.2) is 34.0 Å². The Morgan fingerprint density at radius 1 is 1.32 bits per heavy atom. The predicted octanol–water partition coefficient (Wildman–Crippen LogP) is 2.93. The number of rotatable bonds is 8. The van der Waals surface area contributed by atoms with E-state index in [4.69, 9.17) is 0 Å². The van der Waals surface area contributed by atoms with Crippen LogP contribution in [-0.2, 0) is 21.4 Å². The highest BCUT2D eigenvalue weighted by Gasteiger charge is 2.31. The number of nitrogens with one attached hydrogen (secondary N) is 2. The molecule has 0 unspecified atom stereocenters. The molecule has 0 saturated heterocycles. The quantitative estimate of drug-likeness (QED) is 0.378. The molecule has 2 heterocycles. The van der Waals surface area contributed by atoms with Crippen molar-refractivity contribution < 1.29 is 26.9 Å². The topological polar surface area (TPSA) is 149 Å². The van der Waals surface area contributed by atoms with Gasteiger partial charge in [-0.25, -0.2) is 22.2 Å². The van der Waals surface area contributed by atoms with E-state index >= 15 is 0 Å². The number of alkyl halides is 2. The molecule has 0 aliphatic rings. The Balaban J connectivity index is 1.70. The van der Waals surface area contributed by atoms with E-state index in [1.165, 1.54) is 37.4 Å². The summed E-state index contributed by atoms with van der Waals surface area (Å²) in [6.07, 6.45) is -1.72. The maximum atomic E-state index is 13.0. The zero-order valence-electron chi connectivity index (χ0n) is 15.7. The number of benzene rings is 1. The maximum Gasteiger partial charge on any atom is 0.319 e. The SMILES string of the molecule is Cc1c([N+](=O)[O-])c(C(F)F)nn1CC(=O)Nc1ccc(S(=O)(=O)Nc2nccs2)cc1. The van der Waals surface area contributed by atoms with Gasteiger partial charge in [0.2, 0.25) is 11.6 Å². The summed E-state index contributed by atoms with van der Waals surface area (Å²) in [5, 5.41) is 18.7. The van der Waals surface area contributed by atoms with Gasteiger partial charge in [0.15, 0.2) is 5.13 Å². The van der Waals surface area contributed by atoms with Crippen LogP contribution in [0.1, 0.15) is 17.8 Å². The lowest BCUT2D eigenvalue weighted by Gasteiger charge is -2.08. The van der Waals surface area contributed by atoms with Gasteiger partial charge >= 0.3 is 5.69 Å². The first-order valence-corrected chi connectivity index (χ1v) is 10.8. The van der Waals surface area contributed by atoms with E-state index in [2.05, 4.69) is 20.1 Å². The van der Waals surface area contributed by atoms with Crippen molar-refractivity contribution in [2.75, 3.05) is 10.0 Å². The zero-order valence-corrected chi connectivity index (χ0v) is 17.3. The molecule has 0 aliphatic heterocycles. The lowest BCUT2D eigenvalue weighted by atomic mass is 10.3. The number of thiazole rings is 1. The zero-order chi connectivity index (χ0) is 22.8. The fraction of sp³-hybridized carbons (Fsp3) is 0.188. The standard InChI is InChI=1S/C16H14F2N6O5S2/c1-9-14(24(26)27)13(15(17)18)21-23(9)8-12(25)20-10-2-4-11(5-3-10)31(28,29)22-16-19-6-7-30-16/h2-7,15H,8H2,1H3,(H,19,22)(H,20,25). The second-order valence-corrected chi connectivity index (χ2v) is 8.63. The highest BCUT2D eigenvalue weighted by molar-refractivity contribution is 7.93. The molecule has 2 N–H and O–H groups in total. The molecule has 11 nitrogen and oxygen atoms in total. The van der Waals surface area contributed by atoms with Crippen molar-refractivity contribution in [1.29, 1.82) is 0 Å². The number of amides is 1. The third kappa shape index (κ3) is 5.00. The summed E-state index contributed by atoms with van der Waals surface area (Å²) in [4.78, 5) is 26.0. The molecule has 3 rings (SSSR count). The van der Waals surface area contributed by atoms with E-state index in [1.807, 2.05) is 0 Å². The van der Waals surface area contributed by atoms with Gasteiger partial charge in [0, 0.05) is 17.3 Å². The summed E-state index contributed by atoms with van der Waals surface area (Å²) in [7, 11) is -3.86. The van der Waals surface area contributed by atoms with Gasteiger partial charge in [-0.2, -0.15) is 5.10 Å². The first-order valence-electron chi connectivity index (χ1n) is 8.40. The largest absolute Gasteiger partial charge is 0.324 e. The van der Waals surface area contributed by atoms with E-state index in [-0.39, 0.29) is 21.4 Å². The van der Waals surface area contributed by atoms with Gasteiger partial charge in [0.1, 0.15) is 12.2 Å². The van der Waals surface area contributed by atoms with E-state index in [0.717, 1.165) is 16.0 Å². The summed E-state index contributed by atoms with van der Waals surface area (Å²) in [5.74, 6) is -0.696. The fourth-order valence-electron chi connectivity index (χ4n) is 2.59. The Morgan fingerprint density at radius 3 is 2.52 bits per heavy atom. The first-order chi connectivity index (χ1) is 14.6. The summed E-state index contributed by atoms with van der Waals surface area (Å²) in [6, 6.07) is 5.17. The molecule has 1 amide bonds. The van der Waals surface area contributed by atoms with Crippen LogP contribution in [0.15, 0.2) is 40.7 Å². The molecule has 164 valence electrons. The van der Waals surface area contributed by atoms with Crippen molar-refractivity contribution >= 4 is 43.8 Å². The van der Waals surface area contributed by atoms with Gasteiger partial charge < -0.3 is 5.32 Å². The molecule has 0 atom stereocenters. The van der Waals surface area contributed by atoms with Crippen molar-refractivity contribution in [1.82, 2.24) is 14.8 Å². The summed E-state index contributed by atoms with van der Waals surface area (Å²) < 4.78 is 53.7. The van der Waals surface area contributed by atoms with E-state index in [1.54, 1.807) is 5.38 Å². The number of halogens is 2. The number of hydrogen-bond donors (Lipinski definition) is 2. The number of anilines is 2. The van der Waals surface area contributed by atoms with Gasteiger partial charge in [-0.05, 0) is 31.2 Å². The molecule has 2 aromatic heterocycles. The molecule has 31 heavy (non-hydrogen) atoms. The maximum absolute atomic E-state index is 13.0. The Hall–Kier alpha value is -3.46. The molecule has 15 heteroatoms. The monoisotopic (exact) mass is 472 g/mol. The van der Waals surface area contributed by atoms with Gasteiger partial charge in [0.25, 0.3) is 16.4 Å². The van der Waals surface area contributed by atoms with Gasteiger partial charge in [-0.3, -0.25) is 24.3 Å². The van der Waals surface area contributed by atoms with Crippen LogP contribution in [0, 0.1) is 17.0 Å². The third-order valence-electron chi connectivity index (χ3n) is 3.99. The van der Waals surface area contributed by atoms with Crippen LogP contribution in [0.25, 0.3) is 0 Å². The minimum Gasteiger partial charge on any atom is -0.324 e. The molecule has 3 aromatic rings. The lowest BCUT2D eigenvalue weighted by molar-refractivity contribution is -0.386. The molecule has 0 radical (unpaired) electrons. The number of nitro groups is 1. The summed E-state index contributed by atoms with van der Waals surface area (Å²) >= 11 is 1.11. The molecule has 0 spiro atoms. The fourth-order valence-corrected chi connectivity index (χ4v) is 4.38. The molecular formula is C16H14F2N6O5S2. The van der Waals surface area contributed by atoms with Gasteiger partial charge in [-0.1, -0.05) is 0 Å². The molecule has 1 aromatic carbocycles. The lowest BCUT2D eigenvalue weighted by Crippen LogP contribution is -2.20. The number of nitrogens with zero attached hydrogens (tertiary/aromatic N) is 4. The smallest absolute Gasteiger partial charge is 0.319 e. The minimum atomic E-state index is -3.86. The highest BCUT2D eigenvalue weighted by Crippen LogP contribution is 2.30. The van der Waals surface area contributed by atoms with E-state index in [9.17, 15) is 32.1 Å². The number of hydrogen-bond acceptors (Lipinski definition) is 8. The van der Waals surface area contributed by atoms with Crippen LogP contribution >= 0.6 is 11.3 Å². The predicted molar refractivity (Wildman–Crippen MR) is 107 cm³/mol. The van der Waals surface area contributed by atoms with Gasteiger partial charge in [-0.15, -0.1) is 11.3 Å². The molecule has 0 saturated carbocycles. The average molecular weight is 472 g/mol. The normalized spacial score (nSPS) is 11.5. The van der Waals surface area contributed by atoms with Crippen LogP contribution in [0.2, 0.25) is 0 Å². The van der Waals surface area contributed by atoms with Crippen molar-refractivity contribution in [3.63, 3.8) is 0 Å². The minimum absolute atomic E-state index is 0.0687. The van der Waals surface area contributed by atoms with Gasteiger partial charge in [0.05, 0.1) is 9.82 Å². The van der Waals surface area contributed by atoms with E-state index in [0.29, 0.717) is 0 Å². The molecule has 0 aliphatic carbocycles. The van der Waals surface area contributed by atoms with Crippen LogP contribution in [0.3, 0.4) is 0 Å². The molecule has 0 bridgehead atoms. The summed E-state index contributed by atoms with van der Waals surface area (Å²) in [6.45, 7) is 0.657. The van der Waals surface area contributed by atoms with Crippen molar-refractivity contribution in [2.45, 2.75) is 24.8 Å². The van der Waals surface area contributed by atoms with Crippen LogP contribution in [0.4, 0.5) is 25.3 Å². The third-order valence-corrected chi connectivity index (χ3v) is 6.16. The molecule has 0 fully saturated rings. The summed E-state index contributed by atoms with van der Waals surface area (Å²) in [5.41, 5.74) is -1.82. The first kappa shape index (κ1) is 22.2. The second kappa shape index (κ2) is 8.73. The number of aromatic nitrogens is 3. The molecular weight excluding hydrogens is 458 g/mol. The van der Waals surface area contributed by atoms with Crippen molar-refractivity contribution in [3.05, 3.63) is 57.3 Å². The Kier molecular flexibility index (Phi) is 6.26. The Bertz CT molecular complexity index is 1210. The van der Waals surface area contributed by atoms with E-state index < -0.39 is 45.2 Å². The Morgan fingerprint density at radius 2 is 2.00 bits per heavy atom. The van der Waals surface area contributed by atoms with Crippen molar-refractivity contribution in [2.24, 2.45) is 0 Å². The number of sulfonamides is 1. The highest BCUT2D eigenvalue weighted by atomic mass is 32.2.